The molecule has 0 amide bonds. The van der Waals surface area contributed by atoms with Gasteiger partial charge in [0.2, 0.25) is 6.29 Å². The van der Waals surface area contributed by atoms with Gasteiger partial charge in [-0.15, -0.1) is 5.43 Å². The van der Waals surface area contributed by atoms with Gasteiger partial charge in [-0.05, 0) is 0 Å². The van der Waals surface area contributed by atoms with E-state index in [-0.39, 0.29) is 0 Å². The van der Waals surface area contributed by atoms with Gasteiger partial charge in [0.05, 0.1) is 0 Å². The van der Waals surface area contributed by atoms with Crippen molar-refractivity contribution in [2.24, 2.45) is 0 Å². The highest BCUT2D eigenvalue weighted by molar-refractivity contribution is 4.51. The Bertz CT molecular complexity index is 108. The number of hydrazine groups is 4. The summed E-state index contributed by atoms with van der Waals surface area (Å²) in [6.07, 6.45) is -0.583. The third-order valence-corrected chi connectivity index (χ3v) is 0.730. The van der Waals surface area contributed by atoms with Crippen molar-refractivity contribution in [2.75, 3.05) is 0 Å². The van der Waals surface area contributed by atoms with Gasteiger partial charge in [0.15, 0.2) is 5.03 Å². The largest absolute Gasteiger partial charge is 0.235 e. The highest BCUT2D eigenvalue weighted by atomic mass is 16.7. The molecule has 8 nitrogen and oxygen atoms in total. The zero-order valence-corrected chi connectivity index (χ0v) is 4.34. The minimum absolute atomic E-state index is 0.583. The summed E-state index contributed by atoms with van der Waals surface area (Å²) >= 11 is 0. The second-order valence-corrected chi connectivity index (χ2v) is 1.36. The topological polar surface area (TPSA) is 103 Å². The number of rotatable bonds is 2. The quantitative estimate of drug-likeness (QED) is 0.205. The zero-order valence-electron chi connectivity index (χ0n) is 4.34. The van der Waals surface area contributed by atoms with Crippen molar-refractivity contribution in [3.05, 3.63) is 10.1 Å². The molecule has 0 aliphatic carbocycles. The fraction of sp³-hybridized carbons (Fsp3) is 1.00. The third kappa shape index (κ3) is 1.77. The van der Waals surface area contributed by atoms with Crippen molar-refractivity contribution in [1.29, 1.82) is 0 Å². The minimum Gasteiger partial charge on any atom is -0.235 e. The van der Waals surface area contributed by atoms with Crippen molar-refractivity contribution >= 4 is 0 Å². The van der Waals surface area contributed by atoms with Gasteiger partial charge in [0, 0.05) is 0 Å². The average Bonchev–Trinajstić information content (AvgIpc) is 2.15. The fourth-order valence-corrected chi connectivity index (χ4v) is 0.423. The summed E-state index contributed by atoms with van der Waals surface area (Å²) in [5.74, 6) is 0. The van der Waals surface area contributed by atoms with E-state index in [4.69, 9.17) is 0 Å². The summed E-state index contributed by atoms with van der Waals surface area (Å²) < 4.78 is 0. The standard InChI is InChI=1S/CH6N6O2/c8-7(9)4-1-2-5-6-3-1/h1-6H. The van der Waals surface area contributed by atoms with Crippen molar-refractivity contribution in [2.45, 2.75) is 6.29 Å². The molecule has 0 unspecified atom stereocenters. The van der Waals surface area contributed by atoms with E-state index in [1.54, 1.807) is 0 Å². The lowest BCUT2D eigenvalue weighted by molar-refractivity contribution is -0.553. The second-order valence-electron chi connectivity index (χ2n) is 1.36. The maximum absolute atomic E-state index is 9.71. The van der Waals surface area contributed by atoms with E-state index >= 15 is 0 Å². The number of hydrogen-bond acceptors (Lipinski definition) is 6. The van der Waals surface area contributed by atoms with Crippen molar-refractivity contribution in [3.63, 3.8) is 0 Å². The van der Waals surface area contributed by atoms with Crippen molar-refractivity contribution in [1.82, 2.24) is 27.3 Å². The summed E-state index contributed by atoms with van der Waals surface area (Å²) in [5.41, 5.74) is 11.6. The maximum atomic E-state index is 9.71. The van der Waals surface area contributed by atoms with Gasteiger partial charge in [-0.3, -0.25) is 0 Å². The normalized spacial score (nSPS) is 20.0. The van der Waals surface area contributed by atoms with Crippen molar-refractivity contribution < 1.29 is 5.03 Å². The molecule has 5 N–H and O–H groups in total. The molecule has 1 aliphatic rings. The molecule has 0 saturated carbocycles. The molecule has 0 spiro atoms. The van der Waals surface area contributed by atoms with E-state index in [0.29, 0.717) is 0 Å². The number of nitro groups is 1. The van der Waals surface area contributed by atoms with Crippen LogP contribution in [0, 0.1) is 10.1 Å². The molecular formula is CH6N6O2. The lowest BCUT2D eigenvalue weighted by atomic mass is 10.9. The van der Waals surface area contributed by atoms with Crippen LogP contribution in [0.2, 0.25) is 0 Å². The Morgan fingerprint density at radius 3 is 2.44 bits per heavy atom. The number of nitrogens with one attached hydrogen (secondary N) is 5. The molecule has 1 fully saturated rings. The fourth-order valence-electron chi connectivity index (χ4n) is 0.423. The van der Waals surface area contributed by atoms with Crippen LogP contribution in [0.1, 0.15) is 0 Å². The smallest absolute Gasteiger partial charge is 0.216 e. The molecule has 1 aliphatic heterocycles. The molecule has 0 atom stereocenters. The van der Waals surface area contributed by atoms with E-state index in [2.05, 4.69) is 21.9 Å². The van der Waals surface area contributed by atoms with Crippen LogP contribution in [-0.4, -0.2) is 11.3 Å². The molecule has 0 radical (unpaired) electrons. The van der Waals surface area contributed by atoms with Crippen LogP contribution in [0.4, 0.5) is 0 Å². The Labute approximate surface area is 50.0 Å². The van der Waals surface area contributed by atoms with Crippen molar-refractivity contribution in [3.8, 4) is 0 Å². The first-order valence-electron chi connectivity index (χ1n) is 2.20. The third-order valence-electron chi connectivity index (χ3n) is 0.730. The summed E-state index contributed by atoms with van der Waals surface area (Å²) in [7, 11) is 0. The molecule has 52 valence electrons. The van der Waals surface area contributed by atoms with E-state index < -0.39 is 11.3 Å². The molecule has 8 heteroatoms. The van der Waals surface area contributed by atoms with E-state index in [1.165, 1.54) is 0 Å². The van der Waals surface area contributed by atoms with Gasteiger partial charge in [0.25, 0.3) is 0 Å². The van der Waals surface area contributed by atoms with Crippen LogP contribution in [0.25, 0.3) is 0 Å². The first-order valence-corrected chi connectivity index (χ1v) is 2.20. The Balaban J connectivity index is 2.19. The number of nitrogens with zero attached hydrogens (tertiary/aromatic N) is 1. The molecule has 0 aromatic carbocycles. The lowest BCUT2D eigenvalue weighted by Gasteiger charge is -2.01. The van der Waals surface area contributed by atoms with E-state index in [1.807, 2.05) is 5.43 Å². The molecule has 0 aromatic heterocycles. The van der Waals surface area contributed by atoms with Gasteiger partial charge in [0.1, 0.15) is 0 Å². The Morgan fingerprint density at radius 2 is 2.00 bits per heavy atom. The summed E-state index contributed by atoms with van der Waals surface area (Å²) in [6.45, 7) is 0. The molecule has 1 rings (SSSR count). The first kappa shape index (κ1) is 6.16. The maximum Gasteiger partial charge on any atom is 0.216 e. The predicted octanol–water partition coefficient (Wildman–Crippen LogP) is -2.83. The van der Waals surface area contributed by atoms with Crippen LogP contribution in [-0.2, 0) is 0 Å². The first-order chi connectivity index (χ1) is 4.29. The van der Waals surface area contributed by atoms with Gasteiger partial charge in [-0.25, -0.2) is 21.0 Å². The molecule has 1 heterocycles. The van der Waals surface area contributed by atoms with E-state index in [9.17, 15) is 10.1 Å². The molecule has 0 aromatic rings. The zero-order chi connectivity index (χ0) is 6.69. The van der Waals surface area contributed by atoms with Crippen LogP contribution >= 0.6 is 0 Å². The Kier molecular flexibility index (Phi) is 1.75. The second kappa shape index (κ2) is 2.55. The summed E-state index contributed by atoms with van der Waals surface area (Å²) in [6, 6.07) is 0. The SMILES string of the molecule is O=[N+]([O-])NC1NNNN1. The summed E-state index contributed by atoms with van der Waals surface area (Å²) in [4.78, 5) is 9.71. The molecular weight excluding hydrogens is 128 g/mol. The Morgan fingerprint density at radius 1 is 1.44 bits per heavy atom. The van der Waals surface area contributed by atoms with Crippen LogP contribution in [0.3, 0.4) is 0 Å². The number of hydrogen-bond donors (Lipinski definition) is 5. The molecule has 1 saturated heterocycles. The monoisotopic (exact) mass is 134 g/mol. The summed E-state index contributed by atoms with van der Waals surface area (Å²) in [5, 5.41) is 9.06. The van der Waals surface area contributed by atoms with Gasteiger partial charge in [-0.2, -0.15) is 11.1 Å². The average molecular weight is 134 g/mol. The lowest BCUT2D eigenvalue weighted by Crippen LogP contribution is -2.49. The van der Waals surface area contributed by atoms with Crippen LogP contribution < -0.4 is 27.3 Å². The van der Waals surface area contributed by atoms with Gasteiger partial charge >= 0.3 is 0 Å². The van der Waals surface area contributed by atoms with Crippen LogP contribution in [0.5, 0.6) is 0 Å². The highest BCUT2D eigenvalue weighted by Crippen LogP contribution is 1.68. The van der Waals surface area contributed by atoms with Crippen LogP contribution in [0.15, 0.2) is 0 Å². The predicted molar refractivity (Wildman–Crippen MR) is 26.5 cm³/mol. The molecule has 9 heavy (non-hydrogen) atoms. The van der Waals surface area contributed by atoms with Gasteiger partial charge < -0.3 is 0 Å². The minimum atomic E-state index is -0.653. The van der Waals surface area contributed by atoms with E-state index in [0.717, 1.165) is 0 Å². The van der Waals surface area contributed by atoms with Gasteiger partial charge in [-0.1, -0.05) is 0 Å². The Hall–Kier alpha value is -0.960. The highest BCUT2D eigenvalue weighted by Gasteiger charge is 2.15. The molecule has 0 bridgehead atoms.